The van der Waals surface area contributed by atoms with Crippen LogP contribution in [0.3, 0.4) is 0 Å². The molecule has 1 amide bonds. The lowest BCUT2D eigenvalue weighted by Gasteiger charge is -2.23. The fourth-order valence-electron chi connectivity index (χ4n) is 1.67. The Morgan fingerprint density at radius 2 is 2.24 bits per heavy atom. The highest BCUT2D eigenvalue weighted by Crippen LogP contribution is 2.01. The van der Waals surface area contributed by atoms with E-state index in [1.807, 2.05) is 0 Å². The van der Waals surface area contributed by atoms with Gasteiger partial charge >= 0.3 is 0 Å². The standard InChI is InChI=1S/C11H20N2O3S/c14-10(2-1-3-11(15)17)13-5-4-9-8-12-6-7-16-9/h9,12H,1-8H2,(H,13,14)(H,15,17). The number of hydrogen-bond acceptors (Lipinski definition) is 4. The van der Waals surface area contributed by atoms with E-state index in [1.165, 1.54) is 0 Å². The monoisotopic (exact) mass is 260 g/mol. The number of nitrogens with one attached hydrogen (secondary N) is 2. The van der Waals surface area contributed by atoms with Crippen LogP contribution in [-0.4, -0.2) is 43.4 Å². The van der Waals surface area contributed by atoms with Crippen LogP contribution >= 0.6 is 12.6 Å². The summed E-state index contributed by atoms with van der Waals surface area (Å²) in [6, 6.07) is 0. The van der Waals surface area contributed by atoms with E-state index in [-0.39, 0.29) is 17.1 Å². The van der Waals surface area contributed by atoms with Crippen LogP contribution in [0.15, 0.2) is 0 Å². The van der Waals surface area contributed by atoms with Gasteiger partial charge in [0, 0.05) is 32.5 Å². The van der Waals surface area contributed by atoms with Crippen molar-refractivity contribution < 1.29 is 14.3 Å². The molecule has 6 heteroatoms. The molecule has 0 radical (unpaired) electrons. The van der Waals surface area contributed by atoms with Crippen LogP contribution < -0.4 is 10.6 Å². The summed E-state index contributed by atoms with van der Waals surface area (Å²) in [5.74, 6) is -0.0108. The average Bonchev–Trinajstić information content (AvgIpc) is 2.30. The average molecular weight is 260 g/mol. The van der Waals surface area contributed by atoms with Crippen LogP contribution in [0.1, 0.15) is 25.7 Å². The van der Waals surface area contributed by atoms with Crippen molar-refractivity contribution in [2.75, 3.05) is 26.2 Å². The van der Waals surface area contributed by atoms with Gasteiger partial charge in [-0.2, -0.15) is 0 Å². The number of carbonyl (C=O) groups excluding carboxylic acids is 2. The van der Waals surface area contributed by atoms with Crippen molar-refractivity contribution in [2.45, 2.75) is 31.8 Å². The van der Waals surface area contributed by atoms with Crippen molar-refractivity contribution in [3.05, 3.63) is 0 Å². The molecular weight excluding hydrogens is 240 g/mol. The van der Waals surface area contributed by atoms with Gasteiger partial charge in [-0.25, -0.2) is 0 Å². The first-order valence-corrected chi connectivity index (χ1v) is 6.44. The molecule has 0 aromatic rings. The van der Waals surface area contributed by atoms with Crippen LogP contribution in [-0.2, 0) is 14.3 Å². The predicted octanol–water partition coefficient (Wildman–Crippen LogP) is 0.108. The molecule has 98 valence electrons. The zero-order chi connectivity index (χ0) is 12.5. The van der Waals surface area contributed by atoms with Crippen molar-refractivity contribution in [3.8, 4) is 0 Å². The van der Waals surface area contributed by atoms with Crippen molar-refractivity contribution in [1.29, 1.82) is 0 Å². The molecule has 0 spiro atoms. The highest BCUT2D eigenvalue weighted by Gasteiger charge is 2.13. The highest BCUT2D eigenvalue weighted by molar-refractivity contribution is 7.96. The first-order valence-electron chi connectivity index (χ1n) is 5.99. The Kier molecular flexibility index (Phi) is 7.23. The zero-order valence-electron chi connectivity index (χ0n) is 9.91. The molecule has 0 aromatic carbocycles. The van der Waals surface area contributed by atoms with E-state index in [2.05, 4.69) is 23.3 Å². The van der Waals surface area contributed by atoms with E-state index in [0.717, 1.165) is 26.1 Å². The van der Waals surface area contributed by atoms with Crippen LogP contribution in [0.4, 0.5) is 0 Å². The molecule has 2 N–H and O–H groups in total. The number of hydrogen-bond donors (Lipinski definition) is 3. The normalized spacial score (nSPS) is 19.9. The third kappa shape index (κ3) is 7.36. The third-order valence-corrected chi connectivity index (χ3v) is 2.81. The minimum atomic E-state index is -0.167. The SMILES string of the molecule is O=C(S)CCCC(=O)NCCC1CNCCO1. The lowest BCUT2D eigenvalue weighted by atomic mass is 10.2. The maximum Gasteiger partial charge on any atom is 0.220 e. The summed E-state index contributed by atoms with van der Waals surface area (Å²) < 4.78 is 5.50. The molecule has 1 heterocycles. The quantitative estimate of drug-likeness (QED) is 0.568. The highest BCUT2D eigenvalue weighted by atomic mass is 32.1. The second-order valence-electron chi connectivity index (χ2n) is 4.08. The molecule has 5 nitrogen and oxygen atoms in total. The van der Waals surface area contributed by atoms with Gasteiger partial charge in [0.25, 0.3) is 0 Å². The maximum atomic E-state index is 11.4. The first-order chi connectivity index (χ1) is 8.18. The predicted molar refractivity (Wildman–Crippen MR) is 68.1 cm³/mol. The van der Waals surface area contributed by atoms with Gasteiger partial charge in [-0.1, -0.05) is 0 Å². The van der Waals surface area contributed by atoms with Gasteiger partial charge in [0.05, 0.1) is 12.7 Å². The van der Waals surface area contributed by atoms with E-state index in [9.17, 15) is 9.59 Å². The molecule has 0 aromatic heterocycles. The van der Waals surface area contributed by atoms with Gasteiger partial charge in [0.1, 0.15) is 0 Å². The van der Waals surface area contributed by atoms with E-state index in [1.54, 1.807) is 0 Å². The van der Waals surface area contributed by atoms with Crippen molar-refractivity contribution in [3.63, 3.8) is 0 Å². The van der Waals surface area contributed by atoms with E-state index in [0.29, 0.717) is 25.8 Å². The molecule has 1 aliphatic heterocycles. The van der Waals surface area contributed by atoms with Gasteiger partial charge in [0.15, 0.2) is 5.12 Å². The third-order valence-electron chi connectivity index (χ3n) is 2.59. The Morgan fingerprint density at radius 3 is 2.88 bits per heavy atom. The molecule has 1 unspecified atom stereocenters. The number of ether oxygens (including phenoxy) is 1. The molecule has 0 saturated carbocycles. The lowest BCUT2D eigenvalue weighted by molar-refractivity contribution is -0.121. The Morgan fingerprint density at radius 1 is 1.41 bits per heavy atom. The maximum absolute atomic E-state index is 11.4. The zero-order valence-corrected chi connectivity index (χ0v) is 10.8. The summed E-state index contributed by atoms with van der Waals surface area (Å²) in [6.07, 6.45) is 2.32. The minimum absolute atomic E-state index is 0.0108. The van der Waals surface area contributed by atoms with Gasteiger partial charge in [-0.15, -0.1) is 12.6 Å². The second kappa shape index (κ2) is 8.49. The van der Waals surface area contributed by atoms with E-state index < -0.39 is 0 Å². The Hall–Kier alpha value is -0.590. The van der Waals surface area contributed by atoms with Gasteiger partial charge in [-0.3, -0.25) is 9.59 Å². The van der Waals surface area contributed by atoms with E-state index in [4.69, 9.17) is 4.74 Å². The van der Waals surface area contributed by atoms with Crippen LogP contribution in [0.2, 0.25) is 0 Å². The Labute approximate surface area is 107 Å². The number of thiol groups is 1. The minimum Gasteiger partial charge on any atom is -0.376 e. The van der Waals surface area contributed by atoms with Gasteiger partial charge < -0.3 is 15.4 Å². The number of morpholine rings is 1. The molecule has 1 fully saturated rings. The lowest BCUT2D eigenvalue weighted by Crippen LogP contribution is -2.40. The van der Waals surface area contributed by atoms with Gasteiger partial charge in [0.2, 0.25) is 5.91 Å². The molecule has 0 aliphatic carbocycles. The van der Waals surface area contributed by atoms with Crippen molar-refractivity contribution in [2.24, 2.45) is 0 Å². The molecule has 1 rings (SSSR count). The summed E-state index contributed by atoms with van der Waals surface area (Å²) in [5.41, 5.74) is 0. The largest absolute Gasteiger partial charge is 0.376 e. The number of amides is 1. The summed E-state index contributed by atoms with van der Waals surface area (Å²) in [6.45, 7) is 3.12. The molecule has 17 heavy (non-hydrogen) atoms. The van der Waals surface area contributed by atoms with Crippen LogP contribution in [0.5, 0.6) is 0 Å². The molecule has 1 saturated heterocycles. The second-order valence-corrected chi connectivity index (χ2v) is 4.58. The number of rotatable bonds is 7. The smallest absolute Gasteiger partial charge is 0.220 e. The van der Waals surface area contributed by atoms with Gasteiger partial charge in [-0.05, 0) is 12.8 Å². The van der Waals surface area contributed by atoms with Crippen LogP contribution in [0, 0.1) is 0 Å². The summed E-state index contributed by atoms with van der Waals surface area (Å²) in [7, 11) is 0. The summed E-state index contributed by atoms with van der Waals surface area (Å²) in [5, 5.41) is 5.89. The van der Waals surface area contributed by atoms with Crippen molar-refractivity contribution >= 4 is 23.7 Å². The Balaban J connectivity index is 1.97. The number of carbonyl (C=O) groups is 2. The molecule has 1 aliphatic rings. The fourth-order valence-corrected chi connectivity index (χ4v) is 1.82. The molecule has 1 atom stereocenters. The molecular formula is C11H20N2O3S. The molecule has 0 bridgehead atoms. The van der Waals surface area contributed by atoms with Crippen molar-refractivity contribution in [1.82, 2.24) is 10.6 Å². The Bertz CT molecular complexity index is 255. The fraction of sp³-hybridized carbons (Fsp3) is 0.818. The van der Waals surface area contributed by atoms with Crippen LogP contribution in [0.25, 0.3) is 0 Å². The first kappa shape index (κ1) is 14.5. The van der Waals surface area contributed by atoms with E-state index >= 15 is 0 Å². The topological polar surface area (TPSA) is 67.4 Å². The summed E-state index contributed by atoms with van der Waals surface area (Å²) in [4.78, 5) is 21.9. The summed E-state index contributed by atoms with van der Waals surface area (Å²) >= 11 is 3.65.